The summed E-state index contributed by atoms with van der Waals surface area (Å²) in [6.45, 7) is 0. The number of thiophene rings is 1. The number of rotatable bonds is 3. The average Bonchev–Trinajstić information content (AvgIpc) is 2.82. The van der Waals surface area contributed by atoms with Gasteiger partial charge in [-0.2, -0.15) is 0 Å². The predicted molar refractivity (Wildman–Crippen MR) is 60.9 cm³/mol. The van der Waals surface area contributed by atoms with E-state index < -0.39 is 47.0 Å². The third kappa shape index (κ3) is 2.26. The summed E-state index contributed by atoms with van der Waals surface area (Å²) >= 11 is 0.697. The van der Waals surface area contributed by atoms with E-state index in [2.05, 4.69) is 0 Å². The van der Waals surface area contributed by atoms with Crippen molar-refractivity contribution in [2.24, 2.45) is 0 Å². The first-order valence-electron chi connectivity index (χ1n) is 5.14. The summed E-state index contributed by atoms with van der Waals surface area (Å²) in [5.41, 5.74) is -1.13. The van der Waals surface area contributed by atoms with E-state index >= 15 is 0 Å². The molecule has 0 amide bonds. The van der Waals surface area contributed by atoms with Crippen molar-refractivity contribution in [3.8, 4) is 10.4 Å². The maximum Gasteiger partial charge on any atom is 0.307 e. The van der Waals surface area contributed by atoms with Crippen LogP contribution in [0.5, 0.6) is 0 Å². The van der Waals surface area contributed by atoms with Gasteiger partial charge in [-0.25, -0.2) is 22.0 Å². The van der Waals surface area contributed by atoms with E-state index in [4.69, 9.17) is 5.11 Å². The molecule has 0 fully saturated rings. The summed E-state index contributed by atoms with van der Waals surface area (Å²) < 4.78 is 66.4. The summed E-state index contributed by atoms with van der Waals surface area (Å²) in [5, 5.41) is 9.97. The number of hydrogen-bond acceptors (Lipinski definition) is 2. The Morgan fingerprint density at radius 1 is 1.00 bits per heavy atom. The third-order valence-corrected chi connectivity index (χ3v) is 3.50. The lowest BCUT2D eigenvalue weighted by atomic mass is 10.1. The molecule has 1 aromatic heterocycles. The number of halogens is 5. The highest BCUT2D eigenvalue weighted by atomic mass is 32.1. The fourth-order valence-corrected chi connectivity index (χ4v) is 2.62. The maximum atomic E-state index is 13.6. The standard InChI is InChI=1S/C12H5F5O2S/c13-7-6(8(14)10(16)11(17)9(7)15)12-4(1-2-20-12)3-5(18)19/h1-2H,3H2,(H,18,19). The molecule has 0 saturated heterocycles. The highest BCUT2D eigenvalue weighted by molar-refractivity contribution is 7.13. The molecule has 1 heterocycles. The zero-order valence-electron chi connectivity index (χ0n) is 9.52. The minimum Gasteiger partial charge on any atom is -0.481 e. The second kappa shape index (κ2) is 5.20. The molecule has 2 rings (SSSR count). The molecular formula is C12H5F5O2S. The van der Waals surface area contributed by atoms with Crippen molar-refractivity contribution in [2.45, 2.75) is 6.42 Å². The largest absolute Gasteiger partial charge is 0.481 e. The quantitative estimate of drug-likeness (QED) is 0.533. The fraction of sp³-hybridized carbons (Fsp3) is 0.0833. The molecule has 2 aromatic rings. The molecule has 20 heavy (non-hydrogen) atoms. The Balaban J connectivity index is 2.71. The molecule has 8 heteroatoms. The number of benzene rings is 1. The van der Waals surface area contributed by atoms with Gasteiger partial charge in [0.2, 0.25) is 5.82 Å². The van der Waals surface area contributed by atoms with E-state index in [1.165, 1.54) is 11.4 Å². The molecule has 0 unspecified atom stereocenters. The average molecular weight is 308 g/mol. The van der Waals surface area contributed by atoms with Crippen LogP contribution >= 0.6 is 11.3 Å². The molecule has 1 N–H and O–H groups in total. The minimum atomic E-state index is -2.25. The smallest absolute Gasteiger partial charge is 0.307 e. The number of carbonyl (C=O) groups is 1. The third-order valence-electron chi connectivity index (χ3n) is 2.53. The molecule has 0 saturated carbocycles. The molecule has 106 valence electrons. The molecule has 1 aromatic carbocycles. The van der Waals surface area contributed by atoms with Crippen LogP contribution in [0.1, 0.15) is 5.56 Å². The van der Waals surface area contributed by atoms with Crippen LogP contribution < -0.4 is 0 Å². The number of hydrogen-bond donors (Lipinski definition) is 1. The van der Waals surface area contributed by atoms with Crippen molar-refractivity contribution in [1.29, 1.82) is 0 Å². The summed E-state index contributed by atoms with van der Waals surface area (Å²) in [4.78, 5) is 10.3. The van der Waals surface area contributed by atoms with E-state index in [0.29, 0.717) is 11.3 Å². The molecule has 0 bridgehead atoms. The zero-order chi connectivity index (χ0) is 15.0. The molecule has 2 nitrogen and oxygen atoms in total. The molecule has 0 aliphatic carbocycles. The van der Waals surface area contributed by atoms with Gasteiger partial charge in [0.15, 0.2) is 23.3 Å². The monoisotopic (exact) mass is 308 g/mol. The second-order valence-corrected chi connectivity index (χ2v) is 4.71. The van der Waals surface area contributed by atoms with Crippen LogP contribution in [0.4, 0.5) is 22.0 Å². The Bertz CT molecular complexity index is 666. The van der Waals surface area contributed by atoms with Gasteiger partial charge in [0.25, 0.3) is 0 Å². The SMILES string of the molecule is O=C(O)Cc1ccsc1-c1c(F)c(F)c(F)c(F)c1F. The molecular weight excluding hydrogens is 303 g/mol. The lowest BCUT2D eigenvalue weighted by molar-refractivity contribution is -0.136. The van der Waals surface area contributed by atoms with Crippen LogP contribution in [-0.4, -0.2) is 11.1 Å². The van der Waals surface area contributed by atoms with E-state index in [1.807, 2.05) is 0 Å². The number of carboxylic acid groups (broad SMARTS) is 1. The van der Waals surface area contributed by atoms with Gasteiger partial charge in [-0.15, -0.1) is 11.3 Å². The van der Waals surface area contributed by atoms with Crippen molar-refractivity contribution in [3.05, 3.63) is 46.1 Å². The number of carboxylic acids is 1. The lowest BCUT2D eigenvalue weighted by Gasteiger charge is -2.08. The highest BCUT2D eigenvalue weighted by Gasteiger charge is 2.28. The Morgan fingerprint density at radius 3 is 2.00 bits per heavy atom. The summed E-state index contributed by atoms with van der Waals surface area (Å²) in [5.74, 6) is -11.6. The van der Waals surface area contributed by atoms with Gasteiger partial charge < -0.3 is 5.11 Å². The Morgan fingerprint density at radius 2 is 1.50 bits per heavy atom. The maximum absolute atomic E-state index is 13.6. The second-order valence-electron chi connectivity index (χ2n) is 3.79. The van der Waals surface area contributed by atoms with E-state index in [9.17, 15) is 26.7 Å². The Hall–Kier alpha value is -1.96. The minimum absolute atomic E-state index is 0.0225. The first kappa shape index (κ1) is 14.4. The van der Waals surface area contributed by atoms with Gasteiger partial charge in [0.05, 0.1) is 12.0 Å². The molecule has 0 radical (unpaired) electrons. The van der Waals surface area contributed by atoms with E-state index in [1.54, 1.807) is 0 Å². The van der Waals surface area contributed by atoms with Crippen molar-refractivity contribution < 1.29 is 31.9 Å². The van der Waals surface area contributed by atoms with Crippen LogP contribution in [0, 0.1) is 29.1 Å². The normalized spacial score (nSPS) is 10.8. The first-order valence-corrected chi connectivity index (χ1v) is 6.02. The van der Waals surface area contributed by atoms with Gasteiger partial charge in [0.1, 0.15) is 0 Å². The van der Waals surface area contributed by atoms with Gasteiger partial charge in [-0.05, 0) is 17.0 Å². The van der Waals surface area contributed by atoms with Gasteiger partial charge in [0, 0.05) is 4.88 Å². The summed E-state index contributed by atoms with van der Waals surface area (Å²) in [6, 6.07) is 1.26. The van der Waals surface area contributed by atoms with Crippen molar-refractivity contribution in [3.63, 3.8) is 0 Å². The van der Waals surface area contributed by atoms with Crippen LogP contribution in [-0.2, 0) is 11.2 Å². The predicted octanol–water partition coefficient (Wildman–Crippen LogP) is 3.74. The summed E-state index contributed by atoms with van der Waals surface area (Å²) in [7, 11) is 0. The lowest BCUT2D eigenvalue weighted by Crippen LogP contribution is -2.05. The number of aliphatic carboxylic acids is 1. The topological polar surface area (TPSA) is 37.3 Å². The first-order chi connectivity index (χ1) is 9.34. The molecule has 0 aliphatic heterocycles. The van der Waals surface area contributed by atoms with Crippen molar-refractivity contribution in [1.82, 2.24) is 0 Å². The van der Waals surface area contributed by atoms with Crippen LogP contribution in [0.15, 0.2) is 11.4 Å². The van der Waals surface area contributed by atoms with E-state index in [0.717, 1.165) is 0 Å². The van der Waals surface area contributed by atoms with Gasteiger partial charge in [-0.1, -0.05) is 0 Å². The van der Waals surface area contributed by atoms with Crippen LogP contribution in [0.25, 0.3) is 10.4 Å². The molecule has 0 aliphatic rings. The zero-order valence-corrected chi connectivity index (χ0v) is 10.3. The molecule has 0 atom stereocenters. The van der Waals surface area contributed by atoms with Crippen molar-refractivity contribution >= 4 is 17.3 Å². The molecule has 0 spiro atoms. The van der Waals surface area contributed by atoms with Gasteiger partial charge in [-0.3, -0.25) is 4.79 Å². The Kier molecular flexibility index (Phi) is 3.76. The van der Waals surface area contributed by atoms with Crippen LogP contribution in [0.2, 0.25) is 0 Å². The fourth-order valence-electron chi connectivity index (χ4n) is 1.66. The van der Waals surface area contributed by atoms with E-state index in [-0.39, 0.29) is 10.4 Å². The van der Waals surface area contributed by atoms with Gasteiger partial charge >= 0.3 is 5.97 Å². The van der Waals surface area contributed by atoms with Crippen molar-refractivity contribution in [2.75, 3.05) is 0 Å². The van der Waals surface area contributed by atoms with Crippen LogP contribution in [0.3, 0.4) is 0 Å². The Labute approximate surface area is 113 Å². The summed E-state index contributed by atoms with van der Waals surface area (Å²) in [6.07, 6.45) is -0.585. The highest BCUT2D eigenvalue weighted by Crippen LogP contribution is 2.36.